The van der Waals surface area contributed by atoms with E-state index in [-0.39, 0.29) is 6.04 Å². The van der Waals surface area contributed by atoms with Crippen LogP contribution in [-0.4, -0.2) is 13.2 Å². The normalized spacial score (nSPS) is 17.1. The summed E-state index contributed by atoms with van der Waals surface area (Å²) >= 11 is 8.80. The van der Waals surface area contributed by atoms with E-state index >= 15 is 0 Å². The van der Waals surface area contributed by atoms with E-state index in [0.29, 0.717) is 0 Å². The smallest absolute Gasteiger partial charge is 0.114 e. The molecule has 88 valence electrons. The molecule has 1 N–H and O–H groups in total. The molecule has 1 unspecified atom stereocenters. The van der Waals surface area contributed by atoms with Crippen LogP contribution in [0.5, 0.6) is 0 Å². The van der Waals surface area contributed by atoms with Gasteiger partial charge in [-0.3, -0.25) is 0 Å². The molecule has 0 fully saturated rings. The highest BCUT2D eigenvalue weighted by molar-refractivity contribution is 9.12. The summed E-state index contributed by atoms with van der Waals surface area (Å²) in [6.45, 7) is 3.84. The molecule has 2 heterocycles. The maximum Gasteiger partial charge on any atom is 0.114 e. The molecule has 0 saturated heterocycles. The first-order valence-electron chi connectivity index (χ1n) is 5.23. The van der Waals surface area contributed by atoms with Crippen molar-refractivity contribution in [2.45, 2.75) is 19.4 Å². The summed E-state index contributed by atoms with van der Waals surface area (Å²) in [6, 6.07) is 2.31. The van der Waals surface area contributed by atoms with Crippen LogP contribution in [0.2, 0.25) is 0 Å². The number of hydrogen-bond acceptors (Lipinski definition) is 3. The fraction of sp³-hybridized carbons (Fsp3) is 0.455. The first-order chi connectivity index (χ1) is 7.72. The molecule has 16 heavy (non-hydrogen) atoms. The Bertz CT molecular complexity index is 403. The molecule has 1 atom stereocenters. The van der Waals surface area contributed by atoms with Crippen molar-refractivity contribution < 1.29 is 4.74 Å². The van der Waals surface area contributed by atoms with E-state index in [2.05, 4.69) is 56.2 Å². The molecular formula is C11H13Br2NOS. The third-order valence-electron chi connectivity index (χ3n) is 2.42. The summed E-state index contributed by atoms with van der Waals surface area (Å²) in [5, 5.41) is 3.46. The summed E-state index contributed by atoms with van der Waals surface area (Å²) in [5.41, 5.74) is 1.24. The lowest BCUT2D eigenvalue weighted by atomic mass is 10.1. The molecule has 0 aliphatic carbocycles. The van der Waals surface area contributed by atoms with E-state index in [1.54, 1.807) is 11.3 Å². The number of thiophene rings is 1. The van der Waals surface area contributed by atoms with E-state index in [1.807, 2.05) is 0 Å². The molecule has 0 bridgehead atoms. The highest BCUT2D eigenvalue weighted by Gasteiger charge is 2.23. The van der Waals surface area contributed by atoms with Crippen LogP contribution in [0.1, 0.15) is 24.9 Å². The molecule has 0 spiro atoms. The molecule has 2 rings (SSSR count). The van der Waals surface area contributed by atoms with Crippen LogP contribution in [-0.2, 0) is 4.74 Å². The number of likely N-dealkylation sites (N-methyl/N-ethyl adjacent to an activating group) is 1. The van der Waals surface area contributed by atoms with Gasteiger partial charge in [0, 0.05) is 12.0 Å². The summed E-state index contributed by atoms with van der Waals surface area (Å²) in [6.07, 6.45) is 3.19. The van der Waals surface area contributed by atoms with Crippen molar-refractivity contribution in [3.05, 3.63) is 31.0 Å². The molecule has 1 aliphatic heterocycles. The third-order valence-corrected chi connectivity index (χ3v) is 4.80. The number of hydrogen-bond donors (Lipinski definition) is 1. The standard InChI is InChI=1S/C11H13Br2NOS/c1-2-14-10(8-4-3-5-15-8)7-6-9(12)16-11(7)13/h4,6,10,14H,2-3,5H2,1H3. The summed E-state index contributed by atoms with van der Waals surface area (Å²) < 4.78 is 7.94. The lowest BCUT2D eigenvalue weighted by Gasteiger charge is -2.18. The molecule has 5 heteroatoms. The number of halogens is 2. The second-order valence-corrected chi connectivity index (χ2v) is 7.26. The predicted octanol–water partition coefficient (Wildman–Crippen LogP) is 4.23. The van der Waals surface area contributed by atoms with Gasteiger partial charge in [-0.15, -0.1) is 11.3 Å². The van der Waals surface area contributed by atoms with Gasteiger partial charge in [0.2, 0.25) is 0 Å². The second-order valence-electron chi connectivity index (χ2n) is 3.51. The van der Waals surface area contributed by atoms with E-state index in [0.717, 1.165) is 32.9 Å². The van der Waals surface area contributed by atoms with Gasteiger partial charge in [-0.2, -0.15) is 0 Å². The van der Waals surface area contributed by atoms with Gasteiger partial charge in [0.15, 0.2) is 0 Å². The van der Waals surface area contributed by atoms with Crippen molar-refractivity contribution in [2.75, 3.05) is 13.2 Å². The Labute approximate surface area is 116 Å². The topological polar surface area (TPSA) is 21.3 Å². The maximum absolute atomic E-state index is 5.65. The van der Waals surface area contributed by atoms with Crippen molar-refractivity contribution >= 4 is 43.2 Å². The Balaban J connectivity index is 2.28. The lowest BCUT2D eigenvalue weighted by Crippen LogP contribution is -2.22. The number of nitrogens with one attached hydrogen (secondary N) is 1. The Morgan fingerprint density at radius 1 is 1.56 bits per heavy atom. The lowest BCUT2D eigenvalue weighted by molar-refractivity contribution is 0.216. The SMILES string of the molecule is CCNC(C1=CCCO1)c1cc(Br)sc1Br. The fourth-order valence-corrected chi connectivity index (χ4v) is 4.66. The molecule has 0 saturated carbocycles. The van der Waals surface area contributed by atoms with Crippen LogP contribution in [0.15, 0.2) is 25.5 Å². The van der Waals surface area contributed by atoms with Crippen LogP contribution >= 0.6 is 43.2 Å². The fourth-order valence-electron chi connectivity index (χ4n) is 1.76. The summed E-state index contributed by atoms with van der Waals surface area (Å²) in [5.74, 6) is 1.05. The van der Waals surface area contributed by atoms with Gasteiger partial charge in [-0.1, -0.05) is 6.92 Å². The molecule has 2 nitrogen and oxygen atoms in total. The molecule has 1 aliphatic rings. The quantitative estimate of drug-likeness (QED) is 0.860. The van der Waals surface area contributed by atoms with Crippen molar-refractivity contribution in [2.24, 2.45) is 0 Å². The first-order valence-corrected chi connectivity index (χ1v) is 7.63. The van der Waals surface area contributed by atoms with Gasteiger partial charge in [-0.25, -0.2) is 0 Å². The van der Waals surface area contributed by atoms with Crippen molar-refractivity contribution in [3.63, 3.8) is 0 Å². The second kappa shape index (κ2) is 5.67. The monoisotopic (exact) mass is 365 g/mol. The molecule has 0 amide bonds. The van der Waals surface area contributed by atoms with E-state index in [1.165, 1.54) is 5.56 Å². The maximum atomic E-state index is 5.65. The number of ether oxygens (including phenoxy) is 1. The zero-order valence-electron chi connectivity index (χ0n) is 8.93. The minimum atomic E-state index is 0.171. The zero-order chi connectivity index (χ0) is 11.5. The van der Waals surface area contributed by atoms with Gasteiger partial charge in [-0.05, 0) is 50.5 Å². The largest absolute Gasteiger partial charge is 0.496 e. The van der Waals surface area contributed by atoms with Crippen molar-refractivity contribution in [3.8, 4) is 0 Å². The van der Waals surface area contributed by atoms with Crippen LogP contribution in [0, 0.1) is 0 Å². The van der Waals surface area contributed by atoms with Crippen molar-refractivity contribution in [1.82, 2.24) is 5.32 Å². The van der Waals surface area contributed by atoms with Gasteiger partial charge in [0.25, 0.3) is 0 Å². The van der Waals surface area contributed by atoms with Gasteiger partial charge >= 0.3 is 0 Å². The Hall–Kier alpha value is 0.160. The zero-order valence-corrected chi connectivity index (χ0v) is 12.9. The molecule has 1 aromatic heterocycles. The van der Waals surface area contributed by atoms with Crippen LogP contribution in [0.25, 0.3) is 0 Å². The summed E-state index contributed by atoms with van der Waals surface area (Å²) in [7, 11) is 0. The summed E-state index contributed by atoms with van der Waals surface area (Å²) in [4.78, 5) is 0. The van der Waals surface area contributed by atoms with E-state index < -0.39 is 0 Å². The number of rotatable bonds is 4. The predicted molar refractivity (Wildman–Crippen MR) is 74.8 cm³/mol. The molecular weight excluding hydrogens is 354 g/mol. The van der Waals surface area contributed by atoms with Crippen molar-refractivity contribution in [1.29, 1.82) is 0 Å². The van der Waals surface area contributed by atoms with Gasteiger partial charge in [0.05, 0.1) is 20.2 Å². The highest BCUT2D eigenvalue weighted by atomic mass is 79.9. The van der Waals surface area contributed by atoms with Crippen LogP contribution < -0.4 is 5.32 Å². The first kappa shape index (κ1) is 12.6. The minimum absolute atomic E-state index is 0.171. The van der Waals surface area contributed by atoms with Gasteiger partial charge < -0.3 is 10.1 Å². The highest BCUT2D eigenvalue weighted by Crippen LogP contribution is 2.38. The Kier molecular flexibility index (Phi) is 4.47. The third kappa shape index (κ3) is 2.70. The van der Waals surface area contributed by atoms with Gasteiger partial charge in [0.1, 0.15) is 5.76 Å². The minimum Gasteiger partial charge on any atom is -0.496 e. The molecule has 0 aromatic carbocycles. The van der Waals surface area contributed by atoms with E-state index in [9.17, 15) is 0 Å². The Morgan fingerprint density at radius 2 is 2.38 bits per heavy atom. The van der Waals surface area contributed by atoms with Crippen LogP contribution in [0.3, 0.4) is 0 Å². The Morgan fingerprint density at radius 3 is 2.88 bits per heavy atom. The van der Waals surface area contributed by atoms with E-state index in [4.69, 9.17) is 4.74 Å². The van der Waals surface area contributed by atoms with Crippen LogP contribution in [0.4, 0.5) is 0 Å². The average Bonchev–Trinajstić information content (AvgIpc) is 2.85. The molecule has 0 radical (unpaired) electrons. The molecule has 1 aromatic rings. The average molecular weight is 367 g/mol.